The second-order valence-electron chi connectivity index (χ2n) is 6.69. The van der Waals surface area contributed by atoms with E-state index in [1.54, 1.807) is 0 Å². The van der Waals surface area contributed by atoms with Crippen molar-refractivity contribution in [2.24, 2.45) is 17.8 Å². The molecule has 0 aromatic heterocycles. The monoisotopic (exact) mass is 269 g/mol. The van der Waals surface area contributed by atoms with Crippen molar-refractivity contribution in [3.63, 3.8) is 0 Å². The van der Waals surface area contributed by atoms with E-state index in [2.05, 4.69) is 5.32 Å². The first-order valence-electron chi connectivity index (χ1n) is 8.29. The minimum Gasteiger partial charge on any atom is -0.396 e. The summed E-state index contributed by atoms with van der Waals surface area (Å²) >= 11 is 0. The first-order valence-corrected chi connectivity index (χ1v) is 8.29. The second-order valence-corrected chi connectivity index (χ2v) is 6.69. The van der Waals surface area contributed by atoms with Gasteiger partial charge in [-0.2, -0.15) is 0 Å². The van der Waals surface area contributed by atoms with Gasteiger partial charge in [0.2, 0.25) is 0 Å². The van der Waals surface area contributed by atoms with Gasteiger partial charge < -0.3 is 15.5 Å². The second kappa shape index (κ2) is 8.23. The number of hydrogen-bond donors (Lipinski definition) is 3. The maximum absolute atomic E-state index is 10.1. The van der Waals surface area contributed by atoms with Crippen LogP contribution in [-0.2, 0) is 0 Å². The molecular weight excluding hydrogens is 238 g/mol. The van der Waals surface area contributed by atoms with E-state index < -0.39 is 0 Å². The van der Waals surface area contributed by atoms with Crippen molar-refractivity contribution < 1.29 is 10.2 Å². The molecule has 3 N–H and O–H groups in total. The summed E-state index contributed by atoms with van der Waals surface area (Å²) in [6, 6.07) is 0. The van der Waals surface area contributed by atoms with Crippen LogP contribution in [0, 0.1) is 17.8 Å². The molecule has 0 radical (unpaired) electrons. The highest BCUT2D eigenvalue weighted by Crippen LogP contribution is 2.30. The number of aliphatic hydroxyl groups excluding tert-OH is 2. The predicted octanol–water partition coefficient (Wildman–Crippen LogP) is 2.32. The molecule has 3 unspecified atom stereocenters. The van der Waals surface area contributed by atoms with Gasteiger partial charge in [-0.3, -0.25) is 0 Å². The fourth-order valence-corrected chi connectivity index (χ4v) is 3.94. The molecule has 0 saturated heterocycles. The smallest absolute Gasteiger partial charge is 0.0667 e. The van der Waals surface area contributed by atoms with Gasteiger partial charge in [-0.05, 0) is 43.6 Å². The summed E-state index contributed by atoms with van der Waals surface area (Å²) in [5.41, 5.74) is 0. The SMILES string of the molecule is OCC1CCCCC1CNCC(O)CC1CCCC1. The van der Waals surface area contributed by atoms with Crippen molar-refractivity contribution in [2.45, 2.75) is 63.9 Å². The van der Waals surface area contributed by atoms with Crippen LogP contribution in [0.2, 0.25) is 0 Å². The lowest BCUT2D eigenvalue weighted by atomic mass is 9.79. The van der Waals surface area contributed by atoms with Crippen LogP contribution in [0.1, 0.15) is 57.8 Å². The van der Waals surface area contributed by atoms with Crippen molar-refractivity contribution in [1.82, 2.24) is 5.32 Å². The average Bonchev–Trinajstić information content (AvgIpc) is 2.92. The van der Waals surface area contributed by atoms with Gasteiger partial charge in [0.15, 0.2) is 0 Å². The van der Waals surface area contributed by atoms with E-state index in [4.69, 9.17) is 0 Å². The lowest BCUT2D eigenvalue weighted by Gasteiger charge is -2.30. The van der Waals surface area contributed by atoms with Gasteiger partial charge in [0.25, 0.3) is 0 Å². The first kappa shape index (κ1) is 15.3. The molecule has 2 aliphatic carbocycles. The van der Waals surface area contributed by atoms with Gasteiger partial charge in [0.05, 0.1) is 6.10 Å². The molecule has 0 bridgehead atoms. The summed E-state index contributed by atoms with van der Waals surface area (Å²) in [6.45, 7) is 2.02. The molecule has 2 saturated carbocycles. The van der Waals surface area contributed by atoms with Gasteiger partial charge >= 0.3 is 0 Å². The standard InChI is InChI=1S/C16H31NO2/c18-12-15-8-4-3-7-14(15)10-17-11-16(19)9-13-5-1-2-6-13/h13-19H,1-12H2. The Kier molecular flexibility index (Phi) is 6.62. The van der Waals surface area contributed by atoms with Gasteiger partial charge in [-0.15, -0.1) is 0 Å². The minimum absolute atomic E-state index is 0.181. The van der Waals surface area contributed by atoms with Gasteiger partial charge in [0, 0.05) is 13.2 Å². The van der Waals surface area contributed by atoms with E-state index in [9.17, 15) is 10.2 Å². The Bertz CT molecular complexity index is 241. The Morgan fingerprint density at radius 2 is 1.58 bits per heavy atom. The Balaban J connectivity index is 1.59. The maximum atomic E-state index is 10.1. The maximum Gasteiger partial charge on any atom is 0.0667 e. The van der Waals surface area contributed by atoms with E-state index in [0.717, 1.165) is 25.4 Å². The van der Waals surface area contributed by atoms with Crippen molar-refractivity contribution >= 4 is 0 Å². The highest BCUT2D eigenvalue weighted by Gasteiger charge is 2.24. The van der Waals surface area contributed by atoms with Crippen LogP contribution in [0.15, 0.2) is 0 Å². The van der Waals surface area contributed by atoms with Crippen LogP contribution in [0.5, 0.6) is 0 Å². The molecule has 0 heterocycles. The lowest BCUT2D eigenvalue weighted by molar-refractivity contribution is 0.117. The molecule has 2 rings (SSSR count). The highest BCUT2D eigenvalue weighted by atomic mass is 16.3. The Morgan fingerprint density at radius 3 is 2.26 bits per heavy atom. The number of aliphatic hydroxyl groups is 2. The molecule has 0 aromatic rings. The van der Waals surface area contributed by atoms with Crippen molar-refractivity contribution in [1.29, 1.82) is 0 Å². The number of hydrogen-bond acceptors (Lipinski definition) is 3. The van der Waals surface area contributed by atoms with Gasteiger partial charge in [-0.1, -0.05) is 38.5 Å². The zero-order valence-corrected chi connectivity index (χ0v) is 12.2. The summed E-state index contributed by atoms with van der Waals surface area (Å²) in [6.07, 6.45) is 11.1. The van der Waals surface area contributed by atoms with E-state index in [1.807, 2.05) is 0 Å². The molecule has 0 aromatic carbocycles. The topological polar surface area (TPSA) is 52.5 Å². The quantitative estimate of drug-likeness (QED) is 0.665. The fourth-order valence-electron chi connectivity index (χ4n) is 3.94. The highest BCUT2D eigenvalue weighted by molar-refractivity contribution is 4.78. The van der Waals surface area contributed by atoms with Crippen LogP contribution in [0.25, 0.3) is 0 Å². The Labute approximate surface area is 117 Å². The van der Waals surface area contributed by atoms with Gasteiger partial charge in [-0.25, -0.2) is 0 Å². The molecule has 112 valence electrons. The van der Waals surface area contributed by atoms with Crippen LogP contribution in [-0.4, -0.2) is 36.0 Å². The Morgan fingerprint density at radius 1 is 0.947 bits per heavy atom. The molecule has 3 heteroatoms. The lowest BCUT2D eigenvalue weighted by Crippen LogP contribution is -2.36. The van der Waals surface area contributed by atoms with E-state index in [1.165, 1.54) is 51.4 Å². The summed E-state index contributed by atoms with van der Waals surface area (Å²) in [4.78, 5) is 0. The molecule has 0 amide bonds. The summed E-state index contributed by atoms with van der Waals surface area (Å²) < 4.78 is 0. The zero-order valence-electron chi connectivity index (χ0n) is 12.2. The van der Waals surface area contributed by atoms with Crippen LogP contribution in [0.3, 0.4) is 0 Å². The summed E-state index contributed by atoms with van der Waals surface area (Å²) in [7, 11) is 0. The predicted molar refractivity (Wildman–Crippen MR) is 78.0 cm³/mol. The van der Waals surface area contributed by atoms with E-state index in [-0.39, 0.29) is 6.10 Å². The van der Waals surface area contributed by atoms with Crippen molar-refractivity contribution in [2.75, 3.05) is 19.7 Å². The minimum atomic E-state index is -0.181. The first-order chi connectivity index (χ1) is 9.29. The number of rotatable bonds is 7. The normalized spacial score (nSPS) is 30.6. The van der Waals surface area contributed by atoms with Crippen molar-refractivity contribution in [3.8, 4) is 0 Å². The molecule has 19 heavy (non-hydrogen) atoms. The fraction of sp³-hybridized carbons (Fsp3) is 1.00. The molecule has 2 aliphatic rings. The van der Waals surface area contributed by atoms with Crippen LogP contribution in [0.4, 0.5) is 0 Å². The molecule has 2 fully saturated rings. The largest absolute Gasteiger partial charge is 0.396 e. The zero-order chi connectivity index (χ0) is 13.5. The van der Waals surface area contributed by atoms with Gasteiger partial charge in [0.1, 0.15) is 0 Å². The van der Waals surface area contributed by atoms with E-state index in [0.29, 0.717) is 18.4 Å². The molecule has 3 nitrogen and oxygen atoms in total. The van der Waals surface area contributed by atoms with Crippen molar-refractivity contribution in [3.05, 3.63) is 0 Å². The molecule has 0 spiro atoms. The van der Waals surface area contributed by atoms with E-state index >= 15 is 0 Å². The molecule has 0 aliphatic heterocycles. The molecular formula is C16H31NO2. The summed E-state index contributed by atoms with van der Waals surface area (Å²) in [5.74, 6) is 1.85. The molecule has 3 atom stereocenters. The van der Waals surface area contributed by atoms with Crippen LogP contribution < -0.4 is 5.32 Å². The van der Waals surface area contributed by atoms with Crippen LogP contribution >= 0.6 is 0 Å². The third-order valence-electron chi connectivity index (χ3n) is 5.17. The summed E-state index contributed by atoms with van der Waals surface area (Å²) in [5, 5.41) is 22.9. The number of nitrogens with one attached hydrogen (secondary N) is 1. The average molecular weight is 269 g/mol. The Hall–Kier alpha value is -0.120. The third kappa shape index (κ3) is 5.05. The third-order valence-corrected chi connectivity index (χ3v) is 5.17.